The van der Waals surface area contributed by atoms with E-state index in [9.17, 15) is 9.59 Å². The van der Waals surface area contributed by atoms with Crippen LogP contribution in [0.3, 0.4) is 0 Å². The Bertz CT molecular complexity index is 330. The topological polar surface area (TPSA) is 66.4 Å². The van der Waals surface area contributed by atoms with E-state index in [-0.39, 0.29) is 17.2 Å². The van der Waals surface area contributed by atoms with Gasteiger partial charge in [-0.3, -0.25) is 4.79 Å². The van der Waals surface area contributed by atoms with Crippen molar-refractivity contribution in [2.24, 2.45) is 11.3 Å². The maximum Gasteiger partial charge on any atom is 0.330 e. The molecule has 0 radical (unpaired) electrons. The first-order chi connectivity index (χ1) is 7.21. The first kappa shape index (κ1) is 12.7. The molecular weight excluding hydrogens is 206 g/mol. The maximum absolute atomic E-state index is 11.7. The smallest absolute Gasteiger partial charge is 0.330 e. The Morgan fingerprint density at radius 3 is 2.44 bits per heavy atom. The predicted molar refractivity (Wildman–Crippen MR) is 60.9 cm³/mol. The van der Waals surface area contributed by atoms with Crippen molar-refractivity contribution in [1.29, 1.82) is 0 Å². The normalized spacial score (nSPS) is 28.3. The third kappa shape index (κ3) is 2.62. The predicted octanol–water partition coefficient (Wildman–Crippen LogP) is 1.57. The minimum atomic E-state index is -1.09. The van der Waals surface area contributed by atoms with Gasteiger partial charge >= 0.3 is 5.97 Å². The van der Waals surface area contributed by atoms with Gasteiger partial charge in [0.25, 0.3) is 0 Å². The zero-order valence-electron chi connectivity index (χ0n) is 10.0. The molecule has 2 N–H and O–H groups in total. The van der Waals surface area contributed by atoms with Crippen molar-refractivity contribution < 1.29 is 14.7 Å². The van der Waals surface area contributed by atoms with Gasteiger partial charge in [-0.15, -0.1) is 6.58 Å². The van der Waals surface area contributed by atoms with Crippen molar-refractivity contribution in [2.45, 2.75) is 39.2 Å². The van der Waals surface area contributed by atoms with Crippen LogP contribution in [0.25, 0.3) is 0 Å². The van der Waals surface area contributed by atoms with Crippen molar-refractivity contribution in [3.05, 3.63) is 12.7 Å². The standard InChI is InChI=1S/C12H19NO3/c1-5-8-6-12(8,10(15)16)13-9(14)7-11(2,3)4/h5,8H,1,6-7H2,2-4H3,(H,13,14)(H,15,16)/t8?,12-/m0/s1. The summed E-state index contributed by atoms with van der Waals surface area (Å²) in [5.41, 5.74) is -1.23. The van der Waals surface area contributed by atoms with E-state index in [1.165, 1.54) is 0 Å². The number of carbonyl (C=O) groups is 2. The molecule has 0 spiro atoms. The van der Waals surface area contributed by atoms with Gasteiger partial charge in [-0.25, -0.2) is 4.79 Å². The van der Waals surface area contributed by atoms with Gasteiger partial charge in [0, 0.05) is 12.3 Å². The summed E-state index contributed by atoms with van der Waals surface area (Å²) < 4.78 is 0. The molecule has 0 aromatic rings. The van der Waals surface area contributed by atoms with E-state index in [0.717, 1.165) is 0 Å². The van der Waals surface area contributed by atoms with Crippen LogP contribution >= 0.6 is 0 Å². The Labute approximate surface area is 95.7 Å². The van der Waals surface area contributed by atoms with Crippen LogP contribution in [0.1, 0.15) is 33.6 Å². The van der Waals surface area contributed by atoms with Crippen molar-refractivity contribution in [2.75, 3.05) is 0 Å². The summed E-state index contributed by atoms with van der Waals surface area (Å²) in [6, 6.07) is 0. The number of carbonyl (C=O) groups excluding carboxylic acids is 1. The average molecular weight is 225 g/mol. The molecule has 1 amide bonds. The molecule has 1 saturated carbocycles. The van der Waals surface area contributed by atoms with E-state index in [2.05, 4.69) is 11.9 Å². The van der Waals surface area contributed by atoms with Gasteiger partial charge < -0.3 is 10.4 Å². The van der Waals surface area contributed by atoms with Gasteiger partial charge in [-0.2, -0.15) is 0 Å². The van der Waals surface area contributed by atoms with Crippen LogP contribution in [0.2, 0.25) is 0 Å². The second-order valence-corrected chi connectivity index (χ2v) is 5.61. The van der Waals surface area contributed by atoms with Crippen molar-refractivity contribution in [3.63, 3.8) is 0 Å². The molecule has 0 heterocycles. The van der Waals surface area contributed by atoms with Gasteiger partial charge in [0.05, 0.1) is 0 Å². The highest BCUT2D eigenvalue weighted by Gasteiger charge is 2.60. The highest BCUT2D eigenvalue weighted by molar-refractivity contribution is 5.90. The first-order valence-electron chi connectivity index (χ1n) is 5.38. The molecule has 0 aromatic carbocycles. The Kier molecular flexibility index (Phi) is 3.13. The fourth-order valence-corrected chi connectivity index (χ4v) is 1.79. The van der Waals surface area contributed by atoms with E-state index < -0.39 is 11.5 Å². The van der Waals surface area contributed by atoms with Crippen LogP contribution in [0, 0.1) is 11.3 Å². The zero-order valence-corrected chi connectivity index (χ0v) is 10.0. The molecule has 0 aliphatic heterocycles. The summed E-state index contributed by atoms with van der Waals surface area (Å²) in [4.78, 5) is 22.8. The quantitative estimate of drug-likeness (QED) is 0.714. The summed E-state index contributed by atoms with van der Waals surface area (Å²) in [5, 5.41) is 11.7. The molecule has 4 nitrogen and oxygen atoms in total. The van der Waals surface area contributed by atoms with Crippen LogP contribution in [0.4, 0.5) is 0 Å². The molecule has 4 heteroatoms. The van der Waals surface area contributed by atoms with Crippen LogP contribution in [-0.4, -0.2) is 22.5 Å². The summed E-state index contributed by atoms with van der Waals surface area (Å²) in [6.45, 7) is 9.39. The van der Waals surface area contributed by atoms with E-state index >= 15 is 0 Å². The lowest BCUT2D eigenvalue weighted by molar-refractivity contribution is -0.143. The number of hydrogen-bond acceptors (Lipinski definition) is 2. The van der Waals surface area contributed by atoms with Gasteiger partial charge in [-0.1, -0.05) is 26.8 Å². The molecule has 1 unspecified atom stereocenters. The Hall–Kier alpha value is -1.32. The molecule has 16 heavy (non-hydrogen) atoms. The highest BCUT2D eigenvalue weighted by atomic mass is 16.4. The third-order valence-electron chi connectivity index (χ3n) is 2.73. The van der Waals surface area contributed by atoms with Crippen molar-refractivity contribution in [3.8, 4) is 0 Å². The summed E-state index contributed by atoms with van der Waals surface area (Å²) in [7, 11) is 0. The van der Waals surface area contributed by atoms with Gasteiger partial charge in [0.2, 0.25) is 5.91 Å². The lowest BCUT2D eigenvalue weighted by atomic mass is 9.91. The summed E-state index contributed by atoms with van der Waals surface area (Å²) in [5.74, 6) is -1.33. The van der Waals surface area contributed by atoms with E-state index in [1.54, 1.807) is 6.08 Å². The van der Waals surface area contributed by atoms with Crippen molar-refractivity contribution in [1.82, 2.24) is 5.32 Å². The molecule has 1 aliphatic rings. The minimum Gasteiger partial charge on any atom is -0.479 e. The molecule has 1 aliphatic carbocycles. The van der Waals surface area contributed by atoms with Crippen molar-refractivity contribution >= 4 is 11.9 Å². The minimum absolute atomic E-state index is 0.137. The van der Waals surface area contributed by atoms with Gasteiger partial charge in [-0.05, 0) is 11.8 Å². The highest BCUT2D eigenvalue weighted by Crippen LogP contribution is 2.44. The maximum atomic E-state index is 11.7. The molecule has 90 valence electrons. The molecule has 0 saturated heterocycles. The Morgan fingerprint density at radius 2 is 2.12 bits per heavy atom. The lowest BCUT2D eigenvalue weighted by Gasteiger charge is -2.20. The van der Waals surface area contributed by atoms with Crippen LogP contribution < -0.4 is 5.32 Å². The van der Waals surface area contributed by atoms with Crippen LogP contribution in [0.5, 0.6) is 0 Å². The second kappa shape index (κ2) is 3.92. The molecule has 1 rings (SSSR count). The number of carboxylic acid groups (broad SMARTS) is 1. The SMILES string of the molecule is C=CC1C[C@@]1(NC(=O)CC(C)(C)C)C(=O)O. The average Bonchev–Trinajstić information content (AvgIpc) is 2.76. The Morgan fingerprint density at radius 1 is 1.56 bits per heavy atom. The van der Waals surface area contributed by atoms with Gasteiger partial charge in [0.15, 0.2) is 0 Å². The fraction of sp³-hybridized carbons (Fsp3) is 0.667. The van der Waals surface area contributed by atoms with E-state index in [1.807, 2.05) is 20.8 Å². The van der Waals surface area contributed by atoms with Crippen LogP contribution in [-0.2, 0) is 9.59 Å². The fourth-order valence-electron chi connectivity index (χ4n) is 1.79. The first-order valence-corrected chi connectivity index (χ1v) is 5.38. The van der Waals surface area contributed by atoms with Gasteiger partial charge in [0.1, 0.15) is 5.54 Å². The second-order valence-electron chi connectivity index (χ2n) is 5.61. The lowest BCUT2D eigenvalue weighted by Crippen LogP contribution is -2.45. The third-order valence-corrected chi connectivity index (χ3v) is 2.73. The number of hydrogen-bond donors (Lipinski definition) is 2. The molecule has 0 aromatic heterocycles. The molecule has 2 atom stereocenters. The van der Waals surface area contributed by atoms with Crippen LogP contribution in [0.15, 0.2) is 12.7 Å². The Balaban J connectivity index is 2.63. The summed E-state index contributed by atoms with van der Waals surface area (Å²) >= 11 is 0. The number of carboxylic acids is 1. The van der Waals surface area contributed by atoms with E-state index in [4.69, 9.17) is 5.11 Å². The van der Waals surface area contributed by atoms with E-state index in [0.29, 0.717) is 12.8 Å². The largest absolute Gasteiger partial charge is 0.479 e. The molecule has 0 bridgehead atoms. The zero-order chi connectivity index (χ0) is 12.6. The number of amides is 1. The number of rotatable bonds is 4. The summed E-state index contributed by atoms with van der Waals surface area (Å²) in [6.07, 6.45) is 2.36. The number of aliphatic carboxylic acids is 1. The monoisotopic (exact) mass is 225 g/mol. The molecular formula is C12H19NO3. The molecule has 1 fully saturated rings. The number of nitrogens with one attached hydrogen (secondary N) is 1.